The monoisotopic (exact) mass is 244 g/mol. The van der Waals surface area contributed by atoms with Gasteiger partial charge in [0.2, 0.25) is 5.91 Å². The Balaban J connectivity index is 1.81. The van der Waals surface area contributed by atoms with Crippen molar-refractivity contribution in [2.75, 3.05) is 6.54 Å². The smallest absolute Gasteiger partial charge is 0.239 e. The minimum atomic E-state index is -0.317. The van der Waals surface area contributed by atoms with E-state index >= 15 is 0 Å². The summed E-state index contributed by atoms with van der Waals surface area (Å²) < 4.78 is 0. The van der Waals surface area contributed by atoms with Crippen molar-refractivity contribution in [3.8, 4) is 0 Å². The van der Waals surface area contributed by atoms with Crippen molar-refractivity contribution >= 4 is 5.91 Å². The van der Waals surface area contributed by atoms with E-state index in [0.717, 1.165) is 18.0 Å². The molecule has 0 aromatic heterocycles. The first kappa shape index (κ1) is 11.7. The van der Waals surface area contributed by atoms with E-state index in [1.807, 2.05) is 12.1 Å². The van der Waals surface area contributed by atoms with Gasteiger partial charge in [-0.25, -0.2) is 0 Å². The van der Waals surface area contributed by atoms with E-state index in [4.69, 9.17) is 5.73 Å². The highest BCUT2D eigenvalue weighted by Gasteiger charge is 2.31. The number of nitrogens with one attached hydrogen (secondary N) is 1. The molecule has 2 saturated carbocycles. The molecule has 1 aromatic rings. The van der Waals surface area contributed by atoms with Crippen LogP contribution in [0.25, 0.3) is 0 Å². The third-order valence-electron chi connectivity index (χ3n) is 3.92. The molecule has 3 N–H and O–H groups in total. The molecular weight excluding hydrogens is 224 g/mol. The Labute approximate surface area is 108 Å². The zero-order valence-corrected chi connectivity index (χ0v) is 10.6. The van der Waals surface area contributed by atoms with Crippen molar-refractivity contribution < 1.29 is 4.79 Å². The molecule has 1 aromatic carbocycles. The van der Waals surface area contributed by atoms with Gasteiger partial charge in [-0.15, -0.1) is 0 Å². The van der Waals surface area contributed by atoms with Gasteiger partial charge in [-0.1, -0.05) is 24.3 Å². The predicted molar refractivity (Wildman–Crippen MR) is 71.1 cm³/mol. The summed E-state index contributed by atoms with van der Waals surface area (Å²) in [7, 11) is 0. The summed E-state index contributed by atoms with van der Waals surface area (Å²) in [4.78, 5) is 11.7. The van der Waals surface area contributed by atoms with E-state index in [0.29, 0.717) is 5.92 Å². The maximum absolute atomic E-state index is 11.7. The van der Waals surface area contributed by atoms with Gasteiger partial charge >= 0.3 is 0 Å². The number of rotatable bonds is 6. The van der Waals surface area contributed by atoms with Gasteiger partial charge in [0.25, 0.3) is 0 Å². The Bertz CT molecular complexity index is 450. The Morgan fingerprint density at radius 2 is 2.00 bits per heavy atom. The molecule has 2 fully saturated rings. The van der Waals surface area contributed by atoms with Crippen LogP contribution < -0.4 is 11.1 Å². The minimum Gasteiger partial charge on any atom is -0.368 e. The zero-order valence-electron chi connectivity index (χ0n) is 10.6. The van der Waals surface area contributed by atoms with Crippen molar-refractivity contribution in [3.05, 3.63) is 35.4 Å². The second-order valence-corrected chi connectivity index (χ2v) is 5.59. The second kappa shape index (κ2) is 4.73. The molecule has 1 atom stereocenters. The summed E-state index contributed by atoms with van der Waals surface area (Å²) >= 11 is 0. The number of amides is 1. The molecule has 0 aliphatic heterocycles. The van der Waals surface area contributed by atoms with Gasteiger partial charge in [0, 0.05) is 0 Å². The molecule has 0 heterocycles. The largest absolute Gasteiger partial charge is 0.368 e. The molecule has 0 radical (unpaired) electrons. The number of hydrogen-bond donors (Lipinski definition) is 2. The number of carbonyl (C=O) groups is 1. The van der Waals surface area contributed by atoms with Crippen molar-refractivity contribution in [1.29, 1.82) is 0 Å². The van der Waals surface area contributed by atoms with Crippen LogP contribution in [0.1, 0.15) is 48.8 Å². The number of nitrogens with two attached hydrogens (primary N) is 1. The Morgan fingerprint density at radius 3 is 2.61 bits per heavy atom. The first-order valence-corrected chi connectivity index (χ1v) is 6.87. The maximum Gasteiger partial charge on any atom is 0.239 e. The molecule has 3 heteroatoms. The highest BCUT2D eigenvalue weighted by atomic mass is 16.1. The number of carbonyl (C=O) groups excluding carboxylic acids is 1. The van der Waals surface area contributed by atoms with Crippen LogP contribution in [0.3, 0.4) is 0 Å². The van der Waals surface area contributed by atoms with Gasteiger partial charge < -0.3 is 11.1 Å². The predicted octanol–water partition coefficient (Wildman–Crippen LogP) is 2.09. The van der Waals surface area contributed by atoms with Gasteiger partial charge in [0.05, 0.1) is 0 Å². The molecule has 2 aliphatic rings. The maximum atomic E-state index is 11.7. The standard InChI is InChI=1S/C15H20N2O/c16-15(18)14(17-9-10-5-6-10)13-4-2-1-3-12(13)11-7-8-11/h1-4,10-11,14,17H,5-9H2,(H2,16,18). The van der Waals surface area contributed by atoms with E-state index in [9.17, 15) is 4.79 Å². The normalized spacial score (nSPS) is 20.7. The summed E-state index contributed by atoms with van der Waals surface area (Å²) in [5, 5.41) is 3.35. The lowest BCUT2D eigenvalue weighted by Gasteiger charge is -2.19. The molecule has 1 unspecified atom stereocenters. The van der Waals surface area contributed by atoms with E-state index in [-0.39, 0.29) is 11.9 Å². The molecule has 0 saturated heterocycles. The highest BCUT2D eigenvalue weighted by Crippen LogP contribution is 2.43. The van der Waals surface area contributed by atoms with Gasteiger partial charge in [-0.2, -0.15) is 0 Å². The van der Waals surface area contributed by atoms with Gasteiger partial charge in [0.1, 0.15) is 6.04 Å². The lowest BCUT2D eigenvalue weighted by atomic mass is 9.96. The number of hydrogen-bond acceptors (Lipinski definition) is 2. The summed E-state index contributed by atoms with van der Waals surface area (Å²) in [5.41, 5.74) is 7.96. The quantitative estimate of drug-likeness (QED) is 0.805. The fourth-order valence-electron chi connectivity index (χ4n) is 2.51. The Kier molecular flexibility index (Phi) is 3.08. The molecule has 3 rings (SSSR count). The van der Waals surface area contributed by atoms with Gasteiger partial charge in [-0.3, -0.25) is 4.79 Å². The SMILES string of the molecule is NC(=O)C(NCC1CC1)c1ccccc1C1CC1. The number of primary amides is 1. The second-order valence-electron chi connectivity index (χ2n) is 5.59. The molecule has 3 nitrogen and oxygen atoms in total. The molecule has 96 valence electrons. The van der Waals surface area contributed by atoms with Crippen LogP contribution in [0.4, 0.5) is 0 Å². The molecule has 18 heavy (non-hydrogen) atoms. The topological polar surface area (TPSA) is 55.1 Å². The van der Waals surface area contributed by atoms with Crippen LogP contribution in [-0.4, -0.2) is 12.5 Å². The third-order valence-corrected chi connectivity index (χ3v) is 3.92. The van der Waals surface area contributed by atoms with Crippen LogP contribution in [0.5, 0.6) is 0 Å². The first-order chi connectivity index (χ1) is 8.75. The molecule has 2 aliphatic carbocycles. The molecule has 1 amide bonds. The summed E-state index contributed by atoms with van der Waals surface area (Å²) in [5.74, 6) is 1.13. The van der Waals surface area contributed by atoms with Crippen molar-refractivity contribution in [3.63, 3.8) is 0 Å². The van der Waals surface area contributed by atoms with E-state index in [1.54, 1.807) is 0 Å². The van der Waals surface area contributed by atoms with Gasteiger partial charge in [-0.05, 0) is 55.2 Å². The summed E-state index contributed by atoms with van der Waals surface area (Å²) in [6.45, 7) is 0.909. The van der Waals surface area contributed by atoms with Gasteiger partial charge in [0.15, 0.2) is 0 Å². The highest BCUT2D eigenvalue weighted by molar-refractivity contribution is 5.82. The van der Waals surface area contributed by atoms with E-state index < -0.39 is 0 Å². The fraction of sp³-hybridized carbons (Fsp3) is 0.533. The zero-order chi connectivity index (χ0) is 12.5. The number of benzene rings is 1. The molecule has 0 bridgehead atoms. The van der Waals surface area contributed by atoms with Crippen molar-refractivity contribution in [2.24, 2.45) is 11.7 Å². The lowest BCUT2D eigenvalue weighted by molar-refractivity contribution is -0.120. The van der Waals surface area contributed by atoms with Crippen LogP contribution >= 0.6 is 0 Å². The van der Waals surface area contributed by atoms with Crippen molar-refractivity contribution in [1.82, 2.24) is 5.32 Å². The Morgan fingerprint density at radius 1 is 1.28 bits per heavy atom. The lowest BCUT2D eigenvalue weighted by Crippen LogP contribution is -2.35. The first-order valence-electron chi connectivity index (χ1n) is 6.87. The summed E-state index contributed by atoms with van der Waals surface area (Å²) in [6.07, 6.45) is 5.04. The summed E-state index contributed by atoms with van der Waals surface area (Å²) in [6, 6.07) is 7.92. The van der Waals surface area contributed by atoms with Crippen molar-refractivity contribution in [2.45, 2.75) is 37.6 Å². The Hall–Kier alpha value is -1.35. The minimum absolute atomic E-state index is 0.260. The van der Waals surface area contributed by atoms with E-state index in [2.05, 4.69) is 17.4 Å². The van der Waals surface area contributed by atoms with Crippen LogP contribution in [-0.2, 0) is 4.79 Å². The fourth-order valence-corrected chi connectivity index (χ4v) is 2.51. The molecule has 0 spiro atoms. The average molecular weight is 244 g/mol. The van der Waals surface area contributed by atoms with Crippen LogP contribution in [0, 0.1) is 5.92 Å². The molecular formula is C15H20N2O. The van der Waals surface area contributed by atoms with E-state index in [1.165, 1.54) is 31.2 Å². The van der Waals surface area contributed by atoms with Crippen LogP contribution in [0.2, 0.25) is 0 Å². The third kappa shape index (κ3) is 2.56. The van der Waals surface area contributed by atoms with Crippen LogP contribution in [0.15, 0.2) is 24.3 Å². The average Bonchev–Trinajstić information content (AvgIpc) is 3.24.